The zero-order valence-electron chi connectivity index (χ0n) is 12.0. The van der Waals surface area contributed by atoms with Crippen molar-refractivity contribution in [2.24, 2.45) is 5.92 Å². The number of sulfonamides is 1. The van der Waals surface area contributed by atoms with Gasteiger partial charge < -0.3 is 0 Å². The van der Waals surface area contributed by atoms with Crippen molar-refractivity contribution < 1.29 is 13.2 Å². The number of benzene rings is 1. The van der Waals surface area contributed by atoms with Crippen LogP contribution in [0.2, 0.25) is 0 Å². The fourth-order valence-electron chi connectivity index (χ4n) is 2.39. The molecule has 0 bridgehead atoms. The largest absolute Gasteiger partial charge is 0.294 e. The minimum absolute atomic E-state index is 0.0285. The maximum absolute atomic E-state index is 12.5. The summed E-state index contributed by atoms with van der Waals surface area (Å²) in [6, 6.07) is 6.28. The van der Waals surface area contributed by atoms with Crippen LogP contribution in [0.4, 0.5) is 0 Å². The average molecular weight is 295 g/mol. The van der Waals surface area contributed by atoms with Crippen molar-refractivity contribution >= 4 is 15.8 Å². The van der Waals surface area contributed by atoms with Crippen molar-refractivity contribution in [3.8, 4) is 0 Å². The molecular weight excluding hydrogens is 274 g/mol. The molecule has 0 unspecified atom stereocenters. The number of carbonyl (C=O) groups is 1. The lowest BCUT2D eigenvalue weighted by Crippen LogP contribution is -2.37. The first-order valence-electron chi connectivity index (χ1n) is 7.08. The lowest BCUT2D eigenvalue weighted by molar-refractivity contribution is 0.0988. The number of nitrogens with zero attached hydrogens (tertiary/aromatic N) is 1. The SMILES string of the molecule is CCC(=O)c1ccc(S(=O)(=O)N2CCC(C)CC2)cc1. The van der Waals surface area contributed by atoms with Crippen molar-refractivity contribution in [3.05, 3.63) is 29.8 Å². The number of ketones is 1. The van der Waals surface area contributed by atoms with Gasteiger partial charge >= 0.3 is 0 Å². The van der Waals surface area contributed by atoms with Crippen LogP contribution in [-0.4, -0.2) is 31.6 Å². The molecular formula is C15H21NO3S. The first-order chi connectivity index (χ1) is 9.45. The van der Waals surface area contributed by atoms with E-state index in [1.807, 2.05) is 0 Å². The molecule has 0 N–H and O–H groups in total. The summed E-state index contributed by atoms with van der Waals surface area (Å²) in [4.78, 5) is 11.8. The molecule has 1 aromatic carbocycles. The molecule has 5 heteroatoms. The predicted octanol–water partition coefficient (Wildman–Crippen LogP) is 2.70. The molecule has 2 rings (SSSR count). The smallest absolute Gasteiger partial charge is 0.243 e. The second kappa shape index (κ2) is 6.06. The highest BCUT2D eigenvalue weighted by Gasteiger charge is 2.27. The zero-order valence-corrected chi connectivity index (χ0v) is 12.8. The second-order valence-electron chi connectivity index (χ2n) is 5.39. The van der Waals surface area contributed by atoms with E-state index in [0.29, 0.717) is 31.0 Å². The third kappa shape index (κ3) is 3.10. The van der Waals surface area contributed by atoms with E-state index < -0.39 is 10.0 Å². The third-order valence-corrected chi connectivity index (χ3v) is 5.79. The fraction of sp³-hybridized carbons (Fsp3) is 0.533. The third-order valence-electron chi connectivity index (χ3n) is 3.88. The van der Waals surface area contributed by atoms with Crippen LogP contribution in [0.1, 0.15) is 43.5 Å². The first-order valence-corrected chi connectivity index (χ1v) is 8.52. The maximum Gasteiger partial charge on any atom is 0.243 e. The van der Waals surface area contributed by atoms with Gasteiger partial charge in [-0.15, -0.1) is 0 Å². The highest BCUT2D eigenvalue weighted by atomic mass is 32.2. The second-order valence-corrected chi connectivity index (χ2v) is 7.33. The van der Waals surface area contributed by atoms with E-state index in [1.165, 1.54) is 12.1 Å². The average Bonchev–Trinajstić information content (AvgIpc) is 2.47. The highest BCUT2D eigenvalue weighted by Crippen LogP contribution is 2.23. The molecule has 0 atom stereocenters. The van der Waals surface area contributed by atoms with E-state index in [2.05, 4.69) is 6.92 Å². The lowest BCUT2D eigenvalue weighted by atomic mass is 10.0. The van der Waals surface area contributed by atoms with Crippen molar-refractivity contribution in [2.75, 3.05) is 13.1 Å². The van der Waals surface area contributed by atoms with E-state index in [1.54, 1.807) is 23.4 Å². The molecule has 1 fully saturated rings. The lowest BCUT2D eigenvalue weighted by Gasteiger charge is -2.29. The van der Waals surface area contributed by atoms with Crippen LogP contribution in [-0.2, 0) is 10.0 Å². The van der Waals surface area contributed by atoms with E-state index in [4.69, 9.17) is 0 Å². The summed E-state index contributed by atoms with van der Waals surface area (Å²) < 4.78 is 26.5. The molecule has 0 aliphatic carbocycles. The van der Waals surface area contributed by atoms with Gasteiger partial charge in [-0.3, -0.25) is 4.79 Å². The van der Waals surface area contributed by atoms with Crippen LogP contribution in [0, 0.1) is 5.92 Å². The van der Waals surface area contributed by atoms with E-state index in [9.17, 15) is 13.2 Å². The number of rotatable bonds is 4. The summed E-state index contributed by atoms with van der Waals surface area (Å²) in [5, 5.41) is 0. The van der Waals surface area contributed by atoms with Crippen LogP contribution in [0.15, 0.2) is 29.2 Å². The molecule has 1 aliphatic rings. The molecule has 1 aromatic rings. The molecule has 4 nitrogen and oxygen atoms in total. The van der Waals surface area contributed by atoms with Gasteiger partial charge in [-0.2, -0.15) is 4.31 Å². The number of Topliss-reactive ketones (excluding diaryl/α,β-unsaturated/α-hetero) is 1. The van der Waals surface area contributed by atoms with Gasteiger partial charge in [-0.25, -0.2) is 8.42 Å². The molecule has 110 valence electrons. The Morgan fingerprint density at radius 3 is 2.25 bits per heavy atom. The Kier molecular flexibility index (Phi) is 4.60. The molecule has 0 spiro atoms. The van der Waals surface area contributed by atoms with Crippen LogP contribution in [0.25, 0.3) is 0 Å². The van der Waals surface area contributed by atoms with E-state index in [0.717, 1.165) is 12.8 Å². The van der Waals surface area contributed by atoms with Gasteiger partial charge in [0.2, 0.25) is 10.0 Å². The number of hydrogen-bond donors (Lipinski definition) is 0. The Morgan fingerprint density at radius 1 is 1.20 bits per heavy atom. The Hall–Kier alpha value is -1.20. The van der Waals surface area contributed by atoms with Crippen molar-refractivity contribution in [3.63, 3.8) is 0 Å². The Labute approximate surface area is 120 Å². The van der Waals surface area contributed by atoms with E-state index in [-0.39, 0.29) is 10.7 Å². The van der Waals surface area contributed by atoms with Crippen LogP contribution < -0.4 is 0 Å². The van der Waals surface area contributed by atoms with Crippen LogP contribution in [0.5, 0.6) is 0 Å². The molecule has 0 amide bonds. The van der Waals surface area contributed by atoms with Crippen molar-refractivity contribution in [2.45, 2.75) is 38.0 Å². The van der Waals surface area contributed by atoms with Gasteiger partial charge in [0.25, 0.3) is 0 Å². The molecule has 1 heterocycles. The summed E-state index contributed by atoms with van der Waals surface area (Å²) in [6.45, 7) is 5.11. The number of piperidine rings is 1. The Morgan fingerprint density at radius 2 is 1.75 bits per heavy atom. The summed E-state index contributed by atoms with van der Waals surface area (Å²) >= 11 is 0. The minimum atomic E-state index is -3.41. The summed E-state index contributed by atoms with van der Waals surface area (Å²) in [5.74, 6) is 0.617. The van der Waals surface area contributed by atoms with Gasteiger partial charge in [-0.05, 0) is 30.9 Å². The quantitative estimate of drug-likeness (QED) is 0.803. The molecule has 1 saturated heterocycles. The van der Waals surface area contributed by atoms with Crippen molar-refractivity contribution in [1.82, 2.24) is 4.31 Å². The fourth-order valence-corrected chi connectivity index (χ4v) is 3.86. The number of carbonyl (C=O) groups excluding carboxylic acids is 1. The standard InChI is InChI=1S/C15H21NO3S/c1-3-15(17)13-4-6-14(7-5-13)20(18,19)16-10-8-12(2)9-11-16/h4-7,12H,3,8-11H2,1-2H3. The normalized spacial score (nSPS) is 18.1. The highest BCUT2D eigenvalue weighted by molar-refractivity contribution is 7.89. The van der Waals surface area contributed by atoms with Gasteiger partial charge in [-0.1, -0.05) is 26.0 Å². The molecule has 0 aromatic heterocycles. The first kappa shape index (κ1) is 15.2. The van der Waals surface area contributed by atoms with Gasteiger partial charge in [0.1, 0.15) is 0 Å². The predicted molar refractivity (Wildman–Crippen MR) is 78.2 cm³/mol. The summed E-state index contributed by atoms with van der Waals surface area (Å²) in [5.41, 5.74) is 0.568. The monoisotopic (exact) mass is 295 g/mol. The summed E-state index contributed by atoms with van der Waals surface area (Å²) in [7, 11) is -3.41. The summed E-state index contributed by atoms with van der Waals surface area (Å²) in [6.07, 6.45) is 2.24. The Balaban J connectivity index is 2.19. The minimum Gasteiger partial charge on any atom is -0.294 e. The number of hydrogen-bond acceptors (Lipinski definition) is 3. The van der Waals surface area contributed by atoms with E-state index >= 15 is 0 Å². The Bertz CT molecular complexity index is 570. The molecule has 20 heavy (non-hydrogen) atoms. The molecule has 0 radical (unpaired) electrons. The molecule has 1 aliphatic heterocycles. The maximum atomic E-state index is 12.5. The van der Waals surface area contributed by atoms with Crippen LogP contribution >= 0.6 is 0 Å². The molecule has 0 saturated carbocycles. The zero-order chi connectivity index (χ0) is 14.8. The van der Waals surface area contributed by atoms with Crippen LogP contribution in [0.3, 0.4) is 0 Å². The topological polar surface area (TPSA) is 54.5 Å². The van der Waals surface area contributed by atoms with Gasteiger partial charge in [0.15, 0.2) is 5.78 Å². The van der Waals surface area contributed by atoms with Crippen molar-refractivity contribution in [1.29, 1.82) is 0 Å². The van der Waals surface area contributed by atoms with Gasteiger partial charge in [0, 0.05) is 25.1 Å². The van der Waals surface area contributed by atoms with Gasteiger partial charge in [0.05, 0.1) is 4.90 Å².